The summed E-state index contributed by atoms with van der Waals surface area (Å²) in [6, 6.07) is 12.8. The Morgan fingerprint density at radius 3 is 2.30 bits per heavy atom. The Hall–Kier alpha value is -3.87. The fraction of sp³-hybridized carbons (Fsp3) is 0.174. The smallest absolute Gasteiger partial charge is 0.335 e. The van der Waals surface area contributed by atoms with Gasteiger partial charge >= 0.3 is 5.97 Å². The van der Waals surface area contributed by atoms with Crippen molar-refractivity contribution in [2.24, 2.45) is 0 Å². The first-order valence-electron chi connectivity index (χ1n) is 9.66. The molecule has 3 aromatic rings. The number of anilines is 3. The maximum atomic E-state index is 11.1. The summed E-state index contributed by atoms with van der Waals surface area (Å²) >= 11 is 0. The predicted molar refractivity (Wildman–Crippen MR) is 122 cm³/mol. The molecule has 1 aliphatic heterocycles. The van der Waals surface area contributed by atoms with E-state index in [1.807, 2.05) is 39.3 Å². The van der Waals surface area contributed by atoms with Crippen LogP contribution in [0, 0.1) is 0 Å². The molecule has 5 N–H and O–H groups in total. The fourth-order valence-corrected chi connectivity index (χ4v) is 3.70. The quantitative estimate of drug-likeness (QED) is 0.417. The molecule has 7 heteroatoms. The number of hydrogen-bond donors (Lipinski definition) is 5. The Morgan fingerprint density at radius 1 is 0.967 bits per heavy atom. The lowest BCUT2D eigenvalue weighted by molar-refractivity contribution is 0.0697. The fourth-order valence-electron chi connectivity index (χ4n) is 3.70. The minimum Gasteiger partial charge on any atom is -0.486 e. The first kappa shape index (κ1) is 19.4. The molecule has 0 fully saturated rings. The second-order valence-corrected chi connectivity index (χ2v) is 6.97. The molecule has 0 atom stereocenters. The van der Waals surface area contributed by atoms with Crippen LogP contribution in [0.3, 0.4) is 0 Å². The number of ether oxygens (including phenoxy) is 1. The third kappa shape index (κ3) is 3.34. The molecular formula is C23H24N4O3. The van der Waals surface area contributed by atoms with Crippen LogP contribution in [0.15, 0.2) is 42.5 Å². The molecule has 7 nitrogen and oxygen atoms in total. The number of carboxylic acids is 1. The van der Waals surface area contributed by atoms with E-state index in [1.54, 1.807) is 24.3 Å². The molecule has 0 saturated heterocycles. The number of carbonyl (C=O) groups is 1. The normalized spacial score (nSPS) is 12.4. The highest BCUT2D eigenvalue weighted by molar-refractivity contribution is 5.96. The Bertz CT molecular complexity index is 1130. The summed E-state index contributed by atoms with van der Waals surface area (Å²) in [5.41, 5.74) is 7.96. The molecule has 154 valence electrons. The van der Waals surface area contributed by atoms with Gasteiger partial charge < -0.3 is 30.8 Å². The van der Waals surface area contributed by atoms with E-state index in [0.29, 0.717) is 6.61 Å². The molecule has 30 heavy (non-hydrogen) atoms. The average molecular weight is 404 g/mol. The van der Waals surface area contributed by atoms with Gasteiger partial charge in [0.05, 0.1) is 22.6 Å². The van der Waals surface area contributed by atoms with Crippen molar-refractivity contribution < 1.29 is 14.6 Å². The van der Waals surface area contributed by atoms with Crippen LogP contribution in [-0.2, 0) is 0 Å². The minimum absolute atomic E-state index is 0.269. The Morgan fingerprint density at radius 2 is 1.67 bits per heavy atom. The van der Waals surface area contributed by atoms with Gasteiger partial charge in [-0.15, -0.1) is 0 Å². The van der Waals surface area contributed by atoms with Gasteiger partial charge in [0.15, 0.2) is 5.75 Å². The monoisotopic (exact) mass is 404 g/mol. The standard InChI is InChI=1S/C23H24N4O3/c1-24-19-11-20(25-2)22-16(21(19)26-3)10-15(12-30-22)18-9-8-17(27-18)13-4-6-14(7-5-13)23(28)29/h4-11,24-27H,12H2,1-3H3,(H,28,29). The molecule has 0 radical (unpaired) electrons. The number of carboxylic acid groups (broad SMARTS) is 1. The molecule has 4 rings (SSSR count). The number of aromatic nitrogens is 1. The van der Waals surface area contributed by atoms with Crippen molar-refractivity contribution in [2.45, 2.75) is 0 Å². The Kier molecular flexibility index (Phi) is 5.10. The van der Waals surface area contributed by atoms with Gasteiger partial charge in [-0.25, -0.2) is 4.79 Å². The summed E-state index contributed by atoms with van der Waals surface area (Å²) < 4.78 is 6.13. The third-order valence-electron chi connectivity index (χ3n) is 5.27. The van der Waals surface area contributed by atoms with E-state index >= 15 is 0 Å². The van der Waals surface area contributed by atoms with Crippen LogP contribution in [0.25, 0.3) is 22.9 Å². The first-order valence-corrected chi connectivity index (χ1v) is 9.66. The van der Waals surface area contributed by atoms with E-state index in [1.165, 1.54) is 0 Å². The molecule has 0 spiro atoms. The summed E-state index contributed by atoms with van der Waals surface area (Å²) in [7, 11) is 5.66. The molecule has 0 amide bonds. The van der Waals surface area contributed by atoms with Crippen molar-refractivity contribution in [3.05, 3.63) is 59.3 Å². The summed E-state index contributed by atoms with van der Waals surface area (Å²) in [6.45, 7) is 0.446. The van der Waals surface area contributed by atoms with E-state index in [9.17, 15) is 4.79 Å². The van der Waals surface area contributed by atoms with Gasteiger partial charge in [-0.2, -0.15) is 0 Å². The van der Waals surface area contributed by atoms with Gasteiger partial charge in [-0.1, -0.05) is 12.1 Å². The molecular weight excluding hydrogens is 380 g/mol. The van der Waals surface area contributed by atoms with Crippen LogP contribution in [0.5, 0.6) is 5.75 Å². The number of rotatable bonds is 6. The van der Waals surface area contributed by atoms with Crippen LogP contribution >= 0.6 is 0 Å². The summed E-state index contributed by atoms with van der Waals surface area (Å²) in [6.07, 6.45) is 2.13. The zero-order valence-corrected chi connectivity index (χ0v) is 17.1. The summed E-state index contributed by atoms with van der Waals surface area (Å²) in [4.78, 5) is 14.5. The third-order valence-corrected chi connectivity index (χ3v) is 5.27. The number of H-pyrrole nitrogens is 1. The summed E-state index contributed by atoms with van der Waals surface area (Å²) in [5.74, 6) is -0.111. The van der Waals surface area contributed by atoms with Crippen LogP contribution in [0.1, 0.15) is 21.6 Å². The Balaban J connectivity index is 1.72. The van der Waals surface area contributed by atoms with Gasteiger partial charge in [0, 0.05) is 43.7 Å². The number of nitrogens with one attached hydrogen (secondary N) is 4. The van der Waals surface area contributed by atoms with Crippen LogP contribution in [0.2, 0.25) is 0 Å². The topological polar surface area (TPSA) is 98.4 Å². The molecule has 0 bridgehead atoms. The van der Waals surface area contributed by atoms with Gasteiger partial charge in [-0.05, 0) is 42.0 Å². The highest BCUT2D eigenvalue weighted by Crippen LogP contribution is 2.44. The van der Waals surface area contributed by atoms with Crippen molar-refractivity contribution in [3.8, 4) is 17.0 Å². The molecule has 2 aromatic carbocycles. The molecule has 1 aromatic heterocycles. The van der Waals surface area contributed by atoms with Crippen LogP contribution < -0.4 is 20.7 Å². The minimum atomic E-state index is -0.931. The van der Waals surface area contributed by atoms with E-state index in [-0.39, 0.29) is 5.56 Å². The lowest BCUT2D eigenvalue weighted by atomic mass is 10.0. The lowest BCUT2D eigenvalue weighted by Gasteiger charge is -2.24. The lowest BCUT2D eigenvalue weighted by Crippen LogP contribution is -2.12. The van der Waals surface area contributed by atoms with Gasteiger partial charge in [0.25, 0.3) is 0 Å². The maximum absolute atomic E-state index is 11.1. The molecule has 1 aliphatic rings. The van der Waals surface area contributed by atoms with Crippen LogP contribution in [-0.4, -0.2) is 43.8 Å². The summed E-state index contributed by atoms with van der Waals surface area (Å²) in [5, 5.41) is 18.8. The second kappa shape index (κ2) is 7.87. The maximum Gasteiger partial charge on any atom is 0.335 e. The molecule has 2 heterocycles. The van der Waals surface area contributed by atoms with E-state index in [2.05, 4.69) is 27.0 Å². The van der Waals surface area contributed by atoms with E-state index in [0.717, 1.165) is 50.9 Å². The molecule has 0 saturated carbocycles. The second-order valence-electron chi connectivity index (χ2n) is 6.97. The number of hydrogen-bond acceptors (Lipinski definition) is 5. The van der Waals surface area contributed by atoms with Crippen molar-refractivity contribution in [3.63, 3.8) is 0 Å². The number of aromatic carboxylic acids is 1. The molecule has 0 aliphatic carbocycles. The predicted octanol–water partition coefficient (Wildman–Crippen LogP) is 4.44. The van der Waals surface area contributed by atoms with Gasteiger partial charge in [-0.3, -0.25) is 0 Å². The number of benzene rings is 2. The van der Waals surface area contributed by atoms with E-state index < -0.39 is 5.97 Å². The van der Waals surface area contributed by atoms with Crippen molar-refractivity contribution in [1.82, 2.24) is 4.98 Å². The van der Waals surface area contributed by atoms with Crippen molar-refractivity contribution >= 4 is 34.7 Å². The number of aromatic amines is 1. The highest BCUT2D eigenvalue weighted by atomic mass is 16.5. The van der Waals surface area contributed by atoms with Crippen molar-refractivity contribution in [2.75, 3.05) is 43.7 Å². The number of fused-ring (bicyclic) bond motifs is 1. The van der Waals surface area contributed by atoms with Gasteiger partial charge in [0.2, 0.25) is 0 Å². The SMILES string of the molecule is CNc1cc(NC)c2c(c1NC)C=C(c1ccc(-c3ccc(C(=O)O)cc3)[nH]1)CO2. The molecule has 0 unspecified atom stereocenters. The first-order chi connectivity index (χ1) is 14.5. The Labute approximate surface area is 174 Å². The van der Waals surface area contributed by atoms with Crippen molar-refractivity contribution in [1.29, 1.82) is 0 Å². The zero-order valence-electron chi connectivity index (χ0n) is 17.1. The van der Waals surface area contributed by atoms with E-state index in [4.69, 9.17) is 9.84 Å². The zero-order chi connectivity index (χ0) is 21.3. The van der Waals surface area contributed by atoms with Gasteiger partial charge in [0.1, 0.15) is 6.61 Å². The van der Waals surface area contributed by atoms with Crippen LogP contribution in [0.4, 0.5) is 17.1 Å². The average Bonchev–Trinajstić information content (AvgIpc) is 3.27. The highest BCUT2D eigenvalue weighted by Gasteiger charge is 2.22. The largest absolute Gasteiger partial charge is 0.486 e.